The average Bonchev–Trinajstić information content (AvgIpc) is 3.25. The fraction of sp³-hybridized carbons (Fsp3) is 0.600. The van der Waals surface area contributed by atoms with Crippen molar-refractivity contribution in [1.29, 1.82) is 0 Å². The fourth-order valence-electron chi connectivity index (χ4n) is 3.50. The summed E-state index contributed by atoms with van der Waals surface area (Å²) in [7, 11) is 0. The summed E-state index contributed by atoms with van der Waals surface area (Å²) in [4.78, 5) is 21.2. The van der Waals surface area contributed by atoms with E-state index >= 15 is 0 Å². The highest BCUT2D eigenvalue weighted by Gasteiger charge is 2.30. The van der Waals surface area contributed by atoms with Crippen molar-refractivity contribution in [2.75, 3.05) is 31.1 Å². The largest absolute Gasteiger partial charge is 0.353 e. The SMILES string of the molecule is O=C(C1CCN(c2nccn3cnnc23)CC1)N1CCCC1. The number of aromatic nitrogens is 4. The number of piperidine rings is 1. The Hall–Kier alpha value is -2.18. The Morgan fingerprint density at radius 1 is 1.14 bits per heavy atom. The van der Waals surface area contributed by atoms with Crippen molar-refractivity contribution < 1.29 is 4.79 Å². The fourth-order valence-corrected chi connectivity index (χ4v) is 3.50. The first kappa shape index (κ1) is 13.5. The summed E-state index contributed by atoms with van der Waals surface area (Å²) >= 11 is 0. The molecule has 4 rings (SSSR count). The van der Waals surface area contributed by atoms with Gasteiger partial charge in [0.15, 0.2) is 5.82 Å². The third kappa shape index (κ3) is 2.30. The molecule has 0 saturated carbocycles. The van der Waals surface area contributed by atoms with Gasteiger partial charge in [-0.1, -0.05) is 0 Å². The van der Waals surface area contributed by atoms with Crippen LogP contribution in [0.2, 0.25) is 0 Å². The van der Waals surface area contributed by atoms with Gasteiger partial charge in [0.25, 0.3) is 0 Å². The Morgan fingerprint density at radius 3 is 2.68 bits per heavy atom. The van der Waals surface area contributed by atoms with E-state index in [2.05, 4.69) is 20.1 Å². The molecule has 0 bridgehead atoms. The van der Waals surface area contributed by atoms with Gasteiger partial charge < -0.3 is 9.80 Å². The summed E-state index contributed by atoms with van der Waals surface area (Å²) in [5.41, 5.74) is 0.784. The van der Waals surface area contributed by atoms with E-state index < -0.39 is 0 Å². The van der Waals surface area contributed by atoms with Crippen LogP contribution < -0.4 is 4.90 Å². The van der Waals surface area contributed by atoms with E-state index in [-0.39, 0.29) is 5.92 Å². The minimum atomic E-state index is 0.173. The molecule has 2 saturated heterocycles. The van der Waals surface area contributed by atoms with Gasteiger partial charge in [0.2, 0.25) is 11.6 Å². The van der Waals surface area contributed by atoms with Crippen LogP contribution in [0.25, 0.3) is 5.65 Å². The summed E-state index contributed by atoms with van der Waals surface area (Å²) in [5, 5.41) is 8.08. The van der Waals surface area contributed by atoms with Gasteiger partial charge in [-0.05, 0) is 25.7 Å². The van der Waals surface area contributed by atoms with Gasteiger partial charge in [0.05, 0.1) is 0 Å². The monoisotopic (exact) mass is 300 g/mol. The molecule has 2 aromatic rings. The van der Waals surface area contributed by atoms with Crippen LogP contribution >= 0.6 is 0 Å². The predicted octanol–water partition coefficient (Wildman–Crippen LogP) is 0.963. The molecule has 0 aliphatic carbocycles. The maximum Gasteiger partial charge on any atom is 0.225 e. The second-order valence-electron chi connectivity index (χ2n) is 6.11. The number of rotatable bonds is 2. The summed E-state index contributed by atoms with van der Waals surface area (Å²) in [6.45, 7) is 3.59. The molecule has 2 fully saturated rings. The summed E-state index contributed by atoms with van der Waals surface area (Å²) in [5.74, 6) is 1.39. The lowest BCUT2D eigenvalue weighted by atomic mass is 9.95. The number of fused-ring (bicyclic) bond motifs is 1. The van der Waals surface area contributed by atoms with Gasteiger partial charge in [0.1, 0.15) is 6.33 Å². The molecular formula is C15H20N6O. The van der Waals surface area contributed by atoms with Crippen molar-refractivity contribution in [3.8, 4) is 0 Å². The normalized spacial score (nSPS) is 20.0. The molecule has 116 valence electrons. The van der Waals surface area contributed by atoms with E-state index in [1.54, 1.807) is 12.5 Å². The van der Waals surface area contributed by atoms with E-state index in [1.807, 2.05) is 15.5 Å². The maximum atomic E-state index is 12.5. The van der Waals surface area contributed by atoms with Crippen molar-refractivity contribution in [3.63, 3.8) is 0 Å². The van der Waals surface area contributed by atoms with E-state index in [1.165, 1.54) is 0 Å². The van der Waals surface area contributed by atoms with Gasteiger partial charge in [-0.25, -0.2) is 4.98 Å². The number of hydrogen-bond acceptors (Lipinski definition) is 5. The Kier molecular flexibility index (Phi) is 3.40. The minimum absolute atomic E-state index is 0.173. The van der Waals surface area contributed by atoms with E-state index in [0.29, 0.717) is 5.91 Å². The lowest BCUT2D eigenvalue weighted by molar-refractivity contribution is -0.135. The molecule has 0 N–H and O–H groups in total. The molecule has 2 aromatic heterocycles. The molecule has 1 amide bonds. The molecule has 2 aliphatic rings. The van der Waals surface area contributed by atoms with Gasteiger partial charge in [-0.3, -0.25) is 9.20 Å². The Labute approximate surface area is 128 Å². The average molecular weight is 300 g/mol. The van der Waals surface area contributed by atoms with Gasteiger partial charge in [0, 0.05) is 44.5 Å². The third-order valence-corrected chi connectivity index (χ3v) is 4.76. The van der Waals surface area contributed by atoms with Crippen molar-refractivity contribution in [1.82, 2.24) is 24.5 Å². The maximum absolute atomic E-state index is 12.5. The van der Waals surface area contributed by atoms with Crippen LogP contribution in [0, 0.1) is 5.92 Å². The van der Waals surface area contributed by atoms with Crippen LogP contribution in [0.5, 0.6) is 0 Å². The Bertz CT molecular complexity index is 669. The summed E-state index contributed by atoms with van der Waals surface area (Å²) < 4.78 is 1.88. The molecule has 0 spiro atoms. The number of anilines is 1. The number of amides is 1. The van der Waals surface area contributed by atoms with Crippen LogP contribution in [0.15, 0.2) is 18.7 Å². The molecular weight excluding hydrogens is 280 g/mol. The third-order valence-electron chi connectivity index (χ3n) is 4.76. The standard InChI is InChI=1S/C15H20N6O/c22-15(20-6-1-2-7-20)12-3-8-19(9-4-12)13-14-18-17-11-21(14)10-5-16-13/h5,10-12H,1-4,6-9H2. The number of hydrogen-bond donors (Lipinski definition) is 0. The molecule has 0 unspecified atom stereocenters. The predicted molar refractivity (Wildman–Crippen MR) is 81.5 cm³/mol. The number of nitrogens with zero attached hydrogens (tertiary/aromatic N) is 6. The van der Waals surface area contributed by atoms with Crippen molar-refractivity contribution in [2.24, 2.45) is 5.92 Å². The van der Waals surface area contributed by atoms with Crippen molar-refractivity contribution >= 4 is 17.4 Å². The molecule has 0 radical (unpaired) electrons. The van der Waals surface area contributed by atoms with E-state index in [0.717, 1.165) is 63.3 Å². The zero-order valence-electron chi connectivity index (χ0n) is 12.6. The first-order valence-electron chi connectivity index (χ1n) is 8.01. The Balaban J connectivity index is 1.45. The lowest BCUT2D eigenvalue weighted by Gasteiger charge is -2.33. The van der Waals surface area contributed by atoms with Crippen LogP contribution in [0.3, 0.4) is 0 Å². The highest BCUT2D eigenvalue weighted by Crippen LogP contribution is 2.26. The van der Waals surface area contributed by atoms with Crippen molar-refractivity contribution in [2.45, 2.75) is 25.7 Å². The number of likely N-dealkylation sites (tertiary alicyclic amines) is 1. The van der Waals surface area contributed by atoms with Gasteiger partial charge in [-0.15, -0.1) is 10.2 Å². The van der Waals surface area contributed by atoms with Crippen LogP contribution in [0.4, 0.5) is 5.82 Å². The summed E-state index contributed by atoms with van der Waals surface area (Å²) in [6, 6.07) is 0. The van der Waals surface area contributed by atoms with Gasteiger partial charge >= 0.3 is 0 Å². The highest BCUT2D eigenvalue weighted by molar-refractivity contribution is 5.79. The molecule has 0 atom stereocenters. The second kappa shape index (κ2) is 5.55. The minimum Gasteiger partial charge on any atom is -0.353 e. The quantitative estimate of drug-likeness (QED) is 0.826. The number of carbonyl (C=O) groups is 1. The molecule has 2 aliphatic heterocycles. The zero-order valence-corrected chi connectivity index (χ0v) is 12.6. The lowest BCUT2D eigenvalue weighted by Crippen LogP contribution is -2.42. The van der Waals surface area contributed by atoms with Crippen LogP contribution in [0.1, 0.15) is 25.7 Å². The Morgan fingerprint density at radius 2 is 1.91 bits per heavy atom. The number of carbonyl (C=O) groups excluding carboxylic acids is 1. The van der Waals surface area contributed by atoms with E-state index in [4.69, 9.17) is 0 Å². The van der Waals surface area contributed by atoms with Gasteiger partial charge in [-0.2, -0.15) is 0 Å². The topological polar surface area (TPSA) is 66.6 Å². The van der Waals surface area contributed by atoms with Crippen molar-refractivity contribution in [3.05, 3.63) is 18.7 Å². The van der Waals surface area contributed by atoms with Crippen LogP contribution in [-0.2, 0) is 4.79 Å². The van der Waals surface area contributed by atoms with E-state index in [9.17, 15) is 4.79 Å². The zero-order chi connectivity index (χ0) is 14.9. The first-order chi connectivity index (χ1) is 10.8. The van der Waals surface area contributed by atoms with Crippen LogP contribution in [-0.4, -0.2) is 56.6 Å². The highest BCUT2D eigenvalue weighted by atomic mass is 16.2. The smallest absolute Gasteiger partial charge is 0.225 e. The summed E-state index contributed by atoms with van der Waals surface area (Å²) in [6.07, 6.45) is 9.41. The molecule has 7 heteroatoms. The first-order valence-corrected chi connectivity index (χ1v) is 8.01. The molecule has 22 heavy (non-hydrogen) atoms. The molecule has 0 aromatic carbocycles. The molecule has 7 nitrogen and oxygen atoms in total. The molecule has 4 heterocycles. The second-order valence-corrected chi connectivity index (χ2v) is 6.11.